The van der Waals surface area contributed by atoms with E-state index in [1.54, 1.807) is 116 Å². The predicted octanol–water partition coefficient (Wildman–Crippen LogP) is 21.3. The van der Waals surface area contributed by atoms with E-state index in [-0.39, 0.29) is 0 Å². The van der Waals surface area contributed by atoms with E-state index in [1.165, 1.54) is 128 Å². The van der Waals surface area contributed by atoms with Crippen molar-refractivity contribution in [3.63, 3.8) is 0 Å². The molecule has 11 saturated carbocycles. The second-order valence-corrected chi connectivity index (χ2v) is 31.2. The zero-order valence-electron chi connectivity index (χ0n) is 48.0. The molecule has 11 rings (SSSR count). The second-order valence-electron chi connectivity index (χ2n) is 31.2. The Kier molecular flexibility index (Phi) is 16.3. The monoisotopic (exact) mass is 959 g/mol. The van der Waals surface area contributed by atoms with E-state index in [9.17, 15) is 0 Å². The highest BCUT2D eigenvalue weighted by atomic mass is 14.7. The Labute approximate surface area is 436 Å². The molecule has 0 saturated heterocycles. The number of hydrogen-bond donors (Lipinski definition) is 0. The molecule has 0 heteroatoms. The van der Waals surface area contributed by atoms with Crippen LogP contribution < -0.4 is 0 Å². The third-order valence-corrected chi connectivity index (χ3v) is 27.9. The summed E-state index contributed by atoms with van der Waals surface area (Å²) in [7, 11) is 0. The lowest BCUT2D eigenvalue weighted by Crippen LogP contribution is -2.39. The van der Waals surface area contributed by atoms with Gasteiger partial charge in [-0.25, -0.2) is 0 Å². The van der Waals surface area contributed by atoms with Crippen LogP contribution in [-0.4, -0.2) is 0 Å². The number of allylic oxidation sites excluding steroid dienone is 2. The average molecular weight is 960 g/mol. The van der Waals surface area contributed by atoms with Crippen molar-refractivity contribution in [3.05, 3.63) is 11.6 Å². The minimum atomic E-state index is 0.556. The van der Waals surface area contributed by atoms with Crippen LogP contribution in [0.1, 0.15) is 292 Å². The predicted molar refractivity (Wildman–Crippen MR) is 300 cm³/mol. The summed E-state index contributed by atoms with van der Waals surface area (Å²) >= 11 is 0. The van der Waals surface area contributed by atoms with Crippen molar-refractivity contribution < 1.29 is 0 Å². The molecule has 0 spiro atoms. The van der Waals surface area contributed by atoms with Crippen LogP contribution in [0.4, 0.5) is 0 Å². The Balaban J connectivity index is 0.759. The third kappa shape index (κ3) is 9.77. The topological polar surface area (TPSA) is 0 Å². The minimum absolute atomic E-state index is 0.556. The number of hydrogen-bond acceptors (Lipinski definition) is 0. The molecule has 11 aliphatic rings. The van der Waals surface area contributed by atoms with Gasteiger partial charge >= 0.3 is 0 Å². The van der Waals surface area contributed by atoms with Gasteiger partial charge in [-0.1, -0.05) is 156 Å². The van der Waals surface area contributed by atoms with Gasteiger partial charge in [0.15, 0.2) is 0 Å². The molecular weight excluding hydrogens is 841 g/mol. The second kappa shape index (κ2) is 22.0. The van der Waals surface area contributed by atoms with E-state index < -0.39 is 0 Å². The zero-order valence-corrected chi connectivity index (χ0v) is 48.0. The summed E-state index contributed by atoms with van der Waals surface area (Å²) in [5.41, 5.74) is 3.82. The van der Waals surface area contributed by atoms with Crippen LogP contribution in [0.25, 0.3) is 0 Å². The van der Waals surface area contributed by atoms with Crippen molar-refractivity contribution in [2.24, 2.45) is 135 Å². The molecule has 0 nitrogen and oxygen atoms in total. The summed E-state index contributed by atoms with van der Waals surface area (Å²) < 4.78 is 0. The molecule has 0 N–H and O–H groups in total. The number of fused-ring (bicyclic) bond motifs is 9. The molecule has 0 aliphatic heterocycles. The van der Waals surface area contributed by atoms with E-state index in [4.69, 9.17) is 0 Å². The van der Waals surface area contributed by atoms with Gasteiger partial charge in [0.2, 0.25) is 0 Å². The summed E-state index contributed by atoms with van der Waals surface area (Å²) in [4.78, 5) is 0. The van der Waals surface area contributed by atoms with Crippen molar-refractivity contribution in [3.8, 4) is 0 Å². The fourth-order valence-electron chi connectivity index (χ4n) is 24.4. The summed E-state index contributed by atoms with van der Waals surface area (Å²) in [6.45, 7) is 19.1. The van der Waals surface area contributed by atoms with Crippen molar-refractivity contribution in [1.82, 2.24) is 0 Å². The Morgan fingerprint density at radius 2 is 0.743 bits per heavy atom. The van der Waals surface area contributed by atoms with Crippen molar-refractivity contribution in [2.45, 2.75) is 292 Å². The van der Waals surface area contributed by atoms with Crippen LogP contribution in [0.15, 0.2) is 11.6 Å². The van der Waals surface area contributed by atoms with Gasteiger partial charge in [-0.05, 0) is 282 Å². The summed E-state index contributed by atoms with van der Waals surface area (Å²) in [6, 6.07) is 0. The molecule has 20 unspecified atom stereocenters. The van der Waals surface area contributed by atoms with E-state index in [1.807, 2.05) is 5.57 Å². The fourth-order valence-corrected chi connectivity index (χ4v) is 24.4. The van der Waals surface area contributed by atoms with Crippen LogP contribution in [0.2, 0.25) is 0 Å². The SMILES string of the molecule is CCCCCCC1(C)C2CC(C)CCC2C2CCC(C3CCC4C5CCC(C6CCC7C8CCC(C=C(C9CCCCC9)C9CCCCC9)CC8C(C)(CCCCCC)C7C6)CC5C(C)(C)C4C3)CC21. The molecule has 11 fully saturated rings. The maximum absolute atomic E-state index is 3.07. The molecule has 398 valence electrons. The first-order valence-corrected chi connectivity index (χ1v) is 33.7. The molecule has 0 heterocycles. The number of unbranched alkanes of at least 4 members (excludes halogenated alkanes) is 6. The lowest BCUT2D eigenvalue weighted by atomic mass is 9.57. The molecule has 0 aromatic carbocycles. The standard InChI is InChI=1S/C70H118/c1-8-10-12-20-38-69(6)64-40-47(3)26-32-57(64)59-36-30-53(45-66(59)69)51-28-34-55-56-35-29-52(44-63(56)68(4,5)62(55)43-51)54-31-37-60-58-33-27-48(42-65(58)70(7,67(60)46-54)39-21-13-11-9-2)41-61(49-22-16-14-17-23-49)50-24-18-15-19-25-50/h41,47-60,62-67H,8-40,42-46H2,1-7H3. The minimum Gasteiger partial charge on any atom is -0.0816 e. The maximum Gasteiger partial charge on any atom is -0.0200 e. The largest absolute Gasteiger partial charge is 0.0816 e. The first-order valence-electron chi connectivity index (χ1n) is 33.7. The first-order chi connectivity index (χ1) is 34.0. The first kappa shape index (κ1) is 51.8. The molecule has 0 amide bonds. The van der Waals surface area contributed by atoms with Crippen LogP contribution in [0.5, 0.6) is 0 Å². The Hall–Kier alpha value is -0.260. The van der Waals surface area contributed by atoms with E-state index in [0.717, 1.165) is 118 Å². The van der Waals surface area contributed by atoms with Crippen molar-refractivity contribution in [1.29, 1.82) is 0 Å². The molecule has 0 radical (unpaired) electrons. The normalized spacial score (nSPS) is 48.2. The van der Waals surface area contributed by atoms with Gasteiger partial charge in [0.1, 0.15) is 0 Å². The Bertz CT molecular complexity index is 1680. The van der Waals surface area contributed by atoms with Gasteiger partial charge in [0, 0.05) is 0 Å². The Morgan fingerprint density at radius 1 is 0.371 bits per heavy atom. The number of rotatable bonds is 15. The van der Waals surface area contributed by atoms with Gasteiger partial charge in [0.25, 0.3) is 0 Å². The highest BCUT2D eigenvalue weighted by molar-refractivity contribution is 5.18. The maximum atomic E-state index is 3.07. The quantitative estimate of drug-likeness (QED) is 0.113. The van der Waals surface area contributed by atoms with Gasteiger partial charge in [-0.15, -0.1) is 0 Å². The fraction of sp³-hybridized carbons (Fsp3) is 0.971. The summed E-state index contributed by atoms with van der Waals surface area (Å²) in [5, 5.41) is 0. The smallest absolute Gasteiger partial charge is 0.0200 e. The average Bonchev–Trinajstić information content (AvgIpc) is 3.88. The van der Waals surface area contributed by atoms with E-state index >= 15 is 0 Å². The van der Waals surface area contributed by atoms with Crippen LogP contribution in [0, 0.1) is 135 Å². The Morgan fingerprint density at radius 3 is 1.19 bits per heavy atom. The van der Waals surface area contributed by atoms with Crippen LogP contribution in [0.3, 0.4) is 0 Å². The van der Waals surface area contributed by atoms with Crippen molar-refractivity contribution in [2.75, 3.05) is 0 Å². The van der Waals surface area contributed by atoms with E-state index in [2.05, 4.69) is 54.5 Å². The molecule has 20 atom stereocenters. The summed E-state index contributed by atoms with van der Waals surface area (Å²) in [6.07, 6.45) is 61.7. The lowest BCUT2D eigenvalue weighted by Gasteiger charge is -2.48. The molecule has 0 aromatic rings. The summed E-state index contributed by atoms with van der Waals surface area (Å²) in [5.74, 6) is 20.5. The highest BCUT2D eigenvalue weighted by Crippen LogP contribution is 2.71. The van der Waals surface area contributed by atoms with E-state index in [0.29, 0.717) is 16.2 Å². The van der Waals surface area contributed by atoms with Crippen LogP contribution in [-0.2, 0) is 0 Å². The molecular formula is C70H118. The molecule has 11 aliphatic carbocycles. The van der Waals surface area contributed by atoms with Gasteiger partial charge in [0.05, 0.1) is 0 Å². The van der Waals surface area contributed by atoms with Crippen molar-refractivity contribution >= 4 is 0 Å². The molecule has 0 bridgehead atoms. The van der Waals surface area contributed by atoms with Crippen LogP contribution >= 0.6 is 0 Å². The van der Waals surface area contributed by atoms with Gasteiger partial charge < -0.3 is 0 Å². The third-order valence-electron chi connectivity index (χ3n) is 27.9. The zero-order chi connectivity index (χ0) is 48.2. The molecule has 70 heavy (non-hydrogen) atoms. The highest BCUT2D eigenvalue weighted by Gasteiger charge is 2.63. The van der Waals surface area contributed by atoms with Gasteiger partial charge in [-0.2, -0.15) is 0 Å². The molecule has 0 aromatic heterocycles. The lowest BCUT2D eigenvalue weighted by molar-refractivity contribution is 0.0178. The van der Waals surface area contributed by atoms with Gasteiger partial charge in [-0.3, -0.25) is 0 Å².